The zero-order valence-corrected chi connectivity index (χ0v) is 11.5. The Balaban J connectivity index is 2.18. The molecule has 1 heterocycles. The third kappa shape index (κ3) is 3.18. The van der Waals surface area contributed by atoms with E-state index in [1.165, 1.54) is 12.3 Å². The zero-order chi connectivity index (χ0) is 13.7. The maximum Gasteiger partial charge on any atom is 0.274 e. The Morgan fingerprint density at radius 2 is 2.11 bits per heavy atom. The number of hydrogen-bond acceptors (Lipinski definition) is 3. The number of nitrogens with one attached hydrogen (secondary N) is 1. The van der Waals surface area contributed by atoms with Crippen LogP contribution in [0, 0.1) is 11.3 Å². The average molecular weight is 316 g/mol. The topological polar surface area (TPSA) is 65.8 Å². The van der Waals surface area contributed by atoms with E-state index >= 15 is 0 Å². The molecule has 4 nitrogen and oxygen atoms in total. The molecule has 0 fully saturated rings. The molecule has 0 aliphatic carbocycles. The van der Waals surface area contributed by atoms with Gasteiger partial charge in [-0.1, -0.05) is 34.1 Å². The van der Waals surface area contributed by atoms with Gasteiger partial charge in [0.25, 0.3) is 5.91 Å². The highest BCUT2D eigenvalue weighted by atomic mass is 79.9. The van der Waals surface area contributed by atoms with Crippen LogP contribution in [0.1, 0.15) is 21.6 Å². The maximum absolute atomic E-state index is 12.0. The Hall–Kier alpha value is -2.19. The lowest BCUT2D eigenvalue weighted by Gasteiger charge is -2.08. The first-order chi connectivity index (χ1) is 9.24. The van der Waals surface area contributed by atoms with Gasteiger partial charge in [0.2, 0.25) is 0 Å². The standard InChI is InChI=1S/C14H10BrN3O/c15-7-11-3-1-2-4-12(11)18-14(19)13-6-5-10(8-16)9-17-13/h1-6,9H,7H2,(H,18,19). The molecule has 19 heavy (non-hydrogen) atoms. The minimum absolute atomic E-state index is 0.281. The minimum Gasteiger partial charge on any atom is -0.320 e. The Labute approximate surface area is 119 Å². The number of halogens is 1. The van der Waals surface area contributed by atoms with E-state index in [-0.39, 0.29) is 11.6 Å². The smallest absolute Gasteiger partial charge is 0.274 e. The van der Waals surface area contributed by atoms with Gasteiger partial charge in [-0.15, -0.1) is 0 Å². The molecular weight excluding hydrogens is 306 g/mol. The molecule has 1 amide bonds. The molecule has 1 N–H and O–H groups in total. The summed E-state index contributed by atoms with van der Waals surface area (Å²) in [7, 11) is 0. The molecule has 2 aromatic rings. The van der Waals surface area contributed by atoms with E-state index in [9.17, 15) is 4.79 Å². The molecule has 0 unspecified atom stereocenters. The van der Waals surface area contributed by atoms with Gasteiger partial charge in [-0.3, -0.25) is 4.79 Å². The van der Waals surface area contributed by atoms with Crippen LogP contribution < -0.4 is 5.32 Å². The van der Waals surface area contributed by atoms with Crippen LogP contribution in [-0.2, 0) is 5.33 Å². The predicted octanol–water partition coefficient (Wildman–Crippen LogP) is 3.10. The molecule has 0 saturated carbocycles. The van der Waals surface area contributed by atoms with Gasteiger partial charge in [-0.05, 0) is 23.8 Å². The van der Waals surface area contributed by atoms with Crippen molar-refractivity contribution in [2.45, 2.75) is 5.33 Å². The maximum atomic E-state index is 12.0. The van der Waals surface area contributed by atoms with Gasteiger partial charge < -0.3 is 5.32 Å². The van der Waals surface area contributed by atoms with E-state index in [4.69, 9.17) is 5.26 Å². The molecule has 0 aliphatic heterocycles. The molecule has 0 spiro atoms. The molecule has 0 bridgehead atoms. The van der Waals surface area contributed by atoms with Gasteiger partial charge in [0.15, 0.2) is 0 Å². The summed E-state index contributed by atoms with van der Waals surface area (Å²) in [4.78, 5) is 16.0. The average Bonchev–Trinajstić information content (AvgIpc) is 2.48. The fraction of sp³-hybridized carbons (Fsp3) is 0.0714. The summed E-state index contributed by atoms with van der Waals surface area (Å²) < 4.78 is 0. The Morgan fingerprint density at radius 3 is 2.74 bits per heavy atom. The van der Waals surface area contributed by atoms with Gasteiger partial charge in [0.1, 0.15) is 11.8 Å². The Bertz CT molecular complexity index is 632. The number of aromatic nitrogens is 1. The first-order valence-electron chi connectivity index (χ1n) is 5.56. The number of carbonyl (C=O) groups is 1. The number of alkyl halides is 1. The van der Waals surface area contributed by atoms with Crippen molar-refractivity contribution in [3.8, 4) is 6.07 Å². The van der Waals surface area contributed by atoms with E-state index in [1.807, 2.05) is 30.3 Å². The summed E-state index contributed by atoms with van der Waals surface area (Å²) >= 11 is 3.37. The normalized spacial score (nSPS) is 9.68. The molecule has 1 aromatic heterocycles. The summed E-state index contributed by atoms with van der Waals surface area (Å²) in [6.45, 7) is 0. The van der Waals surface area contributed by atoms with Gasteiger partial charge in [-0.2, -0.15) is 5.26 Å². The van der Waals surface area contributed by atoms with Crippen molar-refractivity contribution in [3.05, 3.63) is 59.4 Å². The van der Waals surface area contributed by atoms with Gasteiger partial charge in [0, 0.05) is 17.2 Å². The van der Waals surface area contributed by atoms with Crippen molar-refractivity contribution >= 4 is 27.5 Å². The second-order valence-corrected chi connectivity index (χ2v) is 4.35. The fourth-order valence-corrected chi connectivity index (χ4v) is 2.03. The SMILES string of the molecule is N#Cc1ccc(C(=O)Nc2ccccc2CBr)nc1. The number of anilines is 1. The van der Waals surface area contributed by atoms with Crippen molar-refractivity contribution in [2.75, 3.05) is 5.32 Å². The van der Waals surface area contributed by atoms with Crippen LogP contribution in [0.3, 0.4) is 0 Å². The molecule has 0 saturated heterocycles. The number of amides is 1. The van der Waals surface area contributed by atoms with Crippen LogP contribution in [0.2, 0.25) is 0 Å². The second kappa shape index (κ2) is 6.12. The lowest BCUT2D eigenvalue weighted by molar-refractivity contribution is 0.102. The molecule has 0 atom stereocenters. The summed E-state index contributed by atoms with van der Waals surface area (Å²) in [5, 5.41) is 12.1. The molecular formula is C14H10BrN3O. The monoisotopic (exact) mass is 315 g/mol. The molecule has 2 rings (SSSR count). The van der Waals surface area contributed by atoms with Crippen LogP contribution in [0.15, 0.2) is 42.6 Å². The largest absolute Gasteiger partial charge is 0.320 e. The fourth-order valence-electron chi connectivity index (χ4n) is 1.54. The van der Waals surface area contributed by atoms with E-state index in [2.05, 4.69) is 26.2 Å². The number of hydrogen-bond donors (Lipinski definition) is 1. The van der Waals surface area contributed by atoms with E-state index < -0.39 is 0 Å². The number of nitrogens with zero attached hydrogens (tertiary/aromatic N) is 2. The minimum atomic E-state index is -0.294. The molecule has 0 radical (unpaired) electrons. The number of nitriles is 1. The van der Waals surface area contributed by atoms with Crippen molar-refractivity contribution in [2.24, 2.45) is 0 Å². The third-order valence-corrected chi connectivity index (χ3v) is 3.14. The first kappa shape index (κ1) is 13.2. The number of para-hydroxylation sites is 1. The van der Waals surface area contributed by atoms with Crippen LogP contribution in [0.25, 0.3) is 0 Å². The van der Waals surface area contributed by atoms with Gasteiger partial charge in [0.05, 0.1) is 5.56 Å². The lowest BCUT2D eigenvalue weighted by Crippen LogP contribution is -2.14. The molecule has 94 valence electrons. The van der Waals surface area contributed by atoms with Gasteiger partial charge >= 0.3 is 0 Å². The summed E-state index contributed by atoms with van der Waals surface area (Å²) in [5.74, 6) is -0.294. The van der Waals surface area contributed by atoms with Crippen molar-refractivity contribution in [3.63, 3.8) is 0 Å². The van der Waals surface area contributed by atoms with E-state index in [1.54, 1.807) is 6.07 Å². The second-order valence-electron chi connectivity index (χ2n) is 3.79. The Kier molecular flexibility index (Phi) is 4.26. The quantitative estimate of drug-likeness (QED) is 0.885. The van der Waals surface area contributed by atoms with E-state index in [0.29, 0.717) is 10.9 Å². The van der Waals surface area contributed by atoms with Crippen LogP contribution in [0.4, 0.5) is 5.69 Å². The van der Waals surface area contributed by atoms with Crippen LogP contribution in [-0.4, -0.2) is 10.9 Å². The highest BCUT2D eigenvalue weighted by Crippen LogP contribution is 2.18. The Morgan fingerprint density at radius 1 is 1.32 bits per heavy atom. The number of pyridine rings is 1. The molecule has 0 aliphatic rings. The molecule has 5 heteroatoms. The third-order valence-electron chi connectivity index (χ3n) is 2.53. The number of carbonyl (C=O) groups excluding carboxylic acids is 1. The highest BCUT2D eigenvalue weighted by Gasteiger charge is 2.09. The summed E-state index contributed by atoms with van der Waals surface area (Å²) in [6.07, 6.45) is 1.38. The van der Waals surface area contributed by atoms with Crippen molar-refractivity contribution in [1.82, 2.24) is 4.98 Å². The van der Waals surface area contributed by atoms with Crippen molar-refractivity contribution in [1.29, 1.82) is 5.26 Å². The zero-order valence-electron chi connectivity index (χ0n) is 9.93. The highest BCUT2D eigenvalue weighted by molar-refractivity contribution is 9.08. The van der Waals surface area contributed by atoms with Crippen molar-refractivity contribution < 1.29 is 4.79 Å². The number of rotatable bonds is 3. The predicted molar refractivity (Wildman–Crippen MR) is 76.0 cm³/mol. The van der Waals surface area contributed by atoms with Crippen LogP contribution in [0.5, 0.6) is 0 Å². The lowest BCUT2D eigenvalue weighted by atomic mass is 10.2. The number of benzene rings is 1. The summed E-state index contributed by atoms with van der Waals surface area (Å²) in [5.41, 5.74) is 2.45. The van der Waals surface area contributed by atoms with Gasteiger partial charge in [-0.25, -0.2) is 4.98 Å². The summed E-state index contributed by atoms with van der Waals surface area (Å²) in [6, 6.07) is 12.6. The van der Waals surface area contributed by atoms with Crippen LogP contribution >= 0.6 is 15.9 Å². The van der Waals surface area contributed by atoms with E-state index in [0.717, 1.165) is 11.3 Å². The molecule has 1 aromatic carbocycles. The first-order valence-corrected chi connectivity index (χ1v) is 6.68.